The summed E-state index contributed by atoms with van der Waals surface area (Å²) in [6, 6.07) is 0. The standard InChI is InChI=1S/C8H4N2O7/c11-5-1-2-6(12)9(5)15-17-16-10-7(13)3-4-8(10)14/h1-4H. The molecule has 4 amide bonds. The summed E-state index contributed by atoms with van der Waals surface area (Å²) in [6.07, 6.45) is 3.78. The number of nitrogens with zero attached hydrogens (tertiary/aromatic N) is 2. The molecule has 0 radical (unpaired) electrons. The first-order valence-electron chi connectivity index (χ1n) is 4.23. The third kappa shape index (κ3) is 2.10. The van der Waals surface area contributed by atoms with Crippen molar-refractivity contribution < 1.29 is 34.2 Å². The van der Waals surface area contributed by atoms with Gasteiger partial charge in [0, 0.05) is 24.3 Å². The molecule has 0 unspecified atom stereocenters. The van der Waals surface area contributed by atoms with E-state index in [1.165, 1.54) is 0 Å². The average Bonchev–Trinajstić information content (AvgIpc) is 2.77. The van der Waals surface area contributed by atoms with Gasteiger partial charge in [-0.05, 0) is 5.04 Å². The van der Waals surface area contributed by atoms with Gasteiger partial charge >= 0.3 is 0 Å². The van der Waals surface area contributed by atoms with Crippen LogP contribution in [0, 0.1) is 0 Å². The van der Waals surface area contributed by atoms with Crippen LogP contribution in [-0.2, 0) is 34.2 Å². The predicted octanol–water partition coefficient (Wildman–Crippen LogP) is -1.45. The van der Waals surface area contributed by atoms with E-state index in [9.17, 15) is 19.2 Å². The van der Waals surface area contributed by atoms with Crippen molar-refractivity contribution >= 4 is 23.6 Å². The Labute approximate surface area is 93.2 Å². The lowest BCUT2D eigenvalue weighted by Gasteiger charge is -2.13. The minimum absolute atomic E-state index is 0.235. The van der Waals surface area contributed by atoms with Crippen LogP contribution < -0.4 is 0 Å². The molecular weight excluding hydrogens is 236 g/mol. The lowest BCUT2D eigenvalue weighted by atomic mass is 10.6. The summed E-state index contributed by atoms with van der Waals surface area (Å²) in [4.78, 5) is 52.1. The van der Waals surface area contributed by atoms with E-state index in [-0.39, 0.29) is 10.1 Å². The molecule has 2 aliphatic heterocycles. The van der Waals surface area contributed by atoms with Gasteiger partial charge in [-0.2, -0.15) is 0 Å². The van der Waals surface area contributed by atoms with Crippen LogP contribution in [0.2, 0.25) is 0 Å². The van der Waals surface area contributed by atoms with Crippen LogP contribution in [0.3, 0.4) is 0 Å². The predicted molar refractivity (Wildman–Crippen MR) is 45.2 cm³/mol. The third-order valence-corrected chi connectivity index (χ3v) is 1.75. The van der Waals surface area contributed by atoms with E-state index < -0.39 is 23.6 Å². The van der Waals surface area contributed by atoms with Crippen molar-refractivity contribution in [2.45, 2.75) is 0 Å². The van der Waals surface area contributed by atoms with Crippen molar-refractivity contribution in [3.05, 3.63) is 24.3 Å². The highest BCUT2D eigenvalue weighted by atomic mass is 17.6. The SMILES string of the molecule is O=C1C=CC(=O)N1OOON1C(=O)C=CC1=O. The molecule has 9 nitrogen and oxygen atoms in total. The number of hydrogen-bond donors (Lipinski definition) is 0. The number of imide groups is 2. The van der Waals surface area contributed by atoms with Crippen LogP contribution in [0.5, 0.6) is 0 Å². The summed E-state index contributed by atoms with van der Waals surface area (Å²) in [5.41, 5.74) is 0. The molecular formula is C8H4N2O7. The Kier molecular flexibility index (Phi) is 2.78. The van der Waals surface area contributed by atoms with Gasteiger partial charge in [-0.25, -0.2) is 0 Å². The number of hydroxylamine groups is 4. The highest BCUT2D eigenvalue weighted by molar-refractivity contribution is 6.12. The Balaban J connectivity index is 1.81. The van der Waals surface area contributed by atoms with E-state index in [4.69, 9.17) is 0 Å². The normalized spacial score (nSPS) is 19.1. The molecule has 17 heavy (non-hydrogen) atoms. The van der Waals surface area contributed by atoms with Gasteiger partial charge in [0.25, 0.3) is 23.6 Å². The third-order valence-electron chi connectivity index (χ3n) is 1.75. The van der Waals surface area contributed by atoms with Crippen molar-refractivity contribution in [1.82, 2.24) is 10.1 Å². The Morgan fingerprint density at radius 3 is 1.24 bits per heavy atom. The van der Waals surface area contributed by atoms with Gasteiger partial charge < -0.3 is 0 Å². The maximum Gasteiger partial charge on any atom is 0.280 e. The van der Waals surface area contributed by atoms with Crippen molar-refractivity contribution in [3.63, 3.8) is 0 Å². The lowest BCUT2D eigenvalue weighted by Crippen LogP contribution is -2.34. The van der Waals surface area contributed by atoms with Gasteiger partial charge in [0.15, 0.2) is 0 Å². The minimum atomic E-state index is -0.782. The zero-order valence-electron chi connectivity index (χ0n) is 8.06. The first kappa shape index (κ1) is 11.1. The smallest absolute Gasteiger partial charge is 0.267 e. The number of amides is 4. The molecule has 0 saturated heterocycles. The van der Waals surface area contributed by atoms with Crippen LogP contribution in [-0.4, -0.2) is 33.8 Å². The van der Waals surface area contributed by atoms with Crippen molar-refractivity contribution in [1.29, 1.82) is 0 Å². The molecule has 2 heterocycles. The molecule has 0 spiro atoms. The topological polar surface area (TPSA) is 102 Å². The van der Waals surface area contributed by atoms with Crippen LogP contribution in [0.15, 0.2) is 24.3 Å². The largest absolute Gasteiger partial charge is 0.280 e. The van der Waals surface area contributed by atoms with Gasteiger partial charge in [-0.3, -0.25) is 19.2 Å². The van der Waals surface area contributed by atoms with Gasteiger partial charge in [-0.15, -0.1) is 10.1 Å². The number of rotatable bonds is 4. The second kappa shape index (κ2) is 4.25. The minimum Gasteiger partial charge on any atom is -0.267 e. The molecule has 2 aliphatic rings. The van der Waals surface area contributed by atoms with Gasteiger partial charge in [-0.1, -0.05) is 9.98 Å². The van der Waals surface area contributed by atoms with Crippen LogP contribution in [0.25, 0.3) is 0 Å². The summed E-state index contributed by atoms with van der Waals surface area (Å²) in [5.74, 6) is -3.13. The molecule has 0 aromatic heterocycles. The van der Waals surface area contributed by atoms with Crippen molar-refractivity contribution in [2.24, 2.45) is 0 Å². The average molecular weight is 240 g/mol. The maximum atomic E-state index is 10.9. The first-order chi connectivity index (χ1) is 8.09. The Bertz CT molecular complexity index is 388. The van der Waals surface area contributed by atoms with E-state index in [0.717, 1.165) is 24.3 Å². The van der Waals surface area contributed by atoms with E-state index in [2.05, 4.69) is 15.0 Å². The van der Waals surface area contributed by atoms with E-state index in [1.54, 1.807) is 0 Å². The van der Waals surface area contributed by atoms with Crippen LogP contribution in [0.1, 0.15) is 0 Å². The van der Waals surface area contributed by atoms with E-state index >= 15 is 0 Å². The van der Waals surface area contributed by atoms with Gasteiger partial charge in [0.05, 0.1) is 0 Å². The molecule has 88 valence electrons. The number of hydrogen-bond acceptors (Lipinski definition) is 7. The molecule has 9 heteroatoms. The fourth-order valence-electron chi connectivity index (χ4n) is 0.995. The Morgan fingerprint density at radius 2 is 0.941 bits per heavy atom. The summed E-state index contributed by atoms with van der Waals surface area (Å²) in [5, 5.41) is 4.44. The maximum absolute atomic E-state index is 10.9. The summed E-state index contributed by atoms with van der Waals surface area (Å²) in [7, 11) is 0. The Hall–Kier alpha value is -2.36. The van der Waals surface area contributed by atoms with Crippen molar-refractivity contribution in [3.8, 4) is 0 Å². The molecule has 0 aromatic rings. The monoisotopic (exact) mass is 240 g/mol. The summed E-state index contributed by atoms with van der Waals surface area (Å²) < 4.78 is 0. The molecule has 0 aromatic carbocycles. The van der Waals surface area contributed by atoms with Gasteiger partial charge in [0.2, 0.25) is 0 Å². The molecule has 0 bridgehead atoms. The molecule has 0 N–H and O–H groups in total. The lowest BCUT2D eigenvalue weighted by molar-refractivity contribution is -0.600. The summed E-state index contributed by atoms with van der Waals surface area (Å²) >= 11 is 0. The van der Waals surface area contributed by atoms with E-state index in [1.807, 2.05) is 0 Å². The second-order valence-electron chi connectivity index (χ2n) is 2.83. The number of carbonyl (C=O) groups is 4. The quantitative estimate of drug-likeness (QED) is 0.336. The molecule has 0 atom stereocenters. The highest BCUT2D eigenvalue weighted by Crippen LogP contribution is 2.08. The fourth-order valence-corrected chi connectivity index (χ4v) is 0.995. The molecule has 0 fully saturated rings. The van der Waals surface area contributed by atoms with E-state index in [0.29, 0.717) is 0 Å². The Morgan fingerprint density at radius 1 is 0.647 bits per heavy atom. The molecule has 0 saturated carbocycles. The zero-order chi connectivity index (χ0) is 12.4. The summed E-state index contributed by atoms with van der Waals surface area (Å²) in [6.45, 7) is 0. The number of carbonyl (C=O) groups excluding carboxylic acids is 4. The fraction of sp³-hybridized carbons (Fsp3) is 0. The van der Waals surface area contributed by atoms with Gasteiger partial charge in [0.1, 0.15) is 0 Å². The molecule has 2 rings (SSSR count). The molecule has 0 aliphatic carbocycles. The van der Waals surface area contributed by atoms with Crippen LogP contribution in [0.4, 0.5) is 0 Å². The first-order valence-corrected chi connectivity index (χ1v) is 4.23. The zero-order valence-corrected chi connectivity index (χ0v) is 8.06. The van der Waals surface area contributed by atoms with Crippen LogP contribution >= 0.6 is 0 Å². The second-order valence-corrected chi connectivity index (χ2v) is 2.83. The van der Waals surface area contributed by atoms with Crippen molar-refractivity contribution in [2.75, 3.05) is 0 Å². The highest BCUT2D eigenvalue weighted by Gasteiger charge is 2.29.